The monoisotopic (exact) mass is 247 g/mol. The van der Waals surface area contributed by atoms with Crippen molar-refractivity contribution in [2.24, 2.45) is 5.92 Å². The van der Waals surface area contributed by atoms with Gasteiger partial charge in [-0.25, -0.2) is 0 Å². The van der Waals surface area contributed by atoms with Gasteiger partial charge in [-0.3, -0.25) is 0 Å². The highest BCUT2D eigenvalue weighted by atomic mass is 16.5. The van der Waals surface area contributed by atoms with Gasteiger partial charge in [0.2, 0.25) is 0 Å². The first-order valence-corrected chi connectivity index (χ1v) is 7.19. The van der Waals surface area contributed by atoms with Crippen molar-refractivity contribution < 1.29 is 4.74 Å². The van der Waals surface area contributed by atoms with Crippen LogP contribution in [0.3, 0.4) is 0 Å². The lowest BCUT2D eigenvalue weighted by Gasteiger charge is -2.11. The highest BCUT2D eigenvalue weighted by Gasteiger charge is 2.13. The summed E-state index contributed by atoms with van der Waals surface area (Å²) in [6, 6.07) is 9.33. The standard InChI is InChI=1S/C16H25NO/c1-13(2)12-18-16-9-6-14(7-10-16)5-8-15-4-3-11-17-15/h6-7,9-10,13,15,17H,3-5,8,11-12H2,1-2H3. The van der Waals surface area contributed by atoms with Crippen LogP contribution in [0, 0.1) is 5.92 Å². The summed E-state index contributed by atoms with van der Waals surface area (Å²) in [7, 11) is 0. The number of hydrogen-bond acceptors (Lipinski definition) is 2. The van der Waals surface area contributed by atoms with E-state index in [1.807, 2.05) is 0 Å². The largest absolute Gasteiger partial charge is 0.493 e. The minimum Gasteiger partial charge on any atom is -0.493 e. The van der Waals surface area contributed by atoms with Crippen molar-refractivity contribution in [2.45, 2.75) is 45.6 Å². The molecule has 1 saturated heterocycles. The van der Waals surface area contributed by atoms with Crippen LogP contribution in [0.5, 0.6) is 5.75 Å². The van der Waals surface area contributed by atoms with Gasteiger partial charge in [0.15, 0.2) is 0 Å². The molecule has 2 heteroatoms. The van der Waals surface area contributed by atoms with Crippen molar-refractivity contribution >= 4 is 0 Å². The highest BCUT2D eigenvalue weighted by Crippen LogP contribution is 2.16. The number of benzene rings is 1. The van der Waals surface area contributed by atoms with E-state index < -0.39 is 0 Å². The molecule has 0 amide bonds. The van der Waals surface area contributed by atoms with Gasteiger partial charge in [0.25, 0.3) is 0 Å². The molecule has 1 heterocycles. The first-order chi connectivity index (χ1) is 8.74. The number of aryl methyl sites for hydroxylation is 1. The quantitative estimate of drug-likeness (QED) is 0.832. The van der Waals surface area contributed by atoms with E-state index in [-0.39, 0.29) is 0 Å². The second kappa shape index (κ2) is 6.79. The van der Waals surface area contributed by atoms with Crippen LogP contribution in [-0.2, 0) is 6.42 Å². The van der Waals surface area contributed by atoms with E-state index in [2.05, 4.69) is 43.4 Å². The summed E-state index contributed by atoms with van der Waals surface area (Å²) in [5.74, 6) is 1.57. The summed E-state index contributed by atoms with van der Waals surface area (Å²) < 4.78 is 5.69. The number of ether oxygens (including phenoxy) is 1. The summed E-state index contributed by atoms with van der Waals surface area (Å²) in [4.78, 5) is 0. The molecule has 1 aromatic rings. The third-order valence-corrected chi connectivity index (χ3v) is 3.45. The Morgan fingerprint density at radius 3 is 2.67 bits per heavy atom. The lowest BCUT2D eigenvalue weighted by Crippen LogP contribution is -2.21. The Morgan fingerprint density at radius 2 is 2.06 bits per heavy atom. The van der Waals surface area contributed by atoms with Crippen molar-refractivity contribution in [1.29, 1.82) is 0 Å². The predicted octanol–water partition coefficient (Wildman–Crippen LogP) is 3.41. The molecule has 18 heavy (non-hydrogen) atoms. The van der Waals surface area contributed by atoms with E-state index in [1.54, 1.807) is 0 Å². The van der Waals surface area contributed by atoms with Crippen molar-refractivity contribution in [3.05, 3.63) is 29.8 Å². The molecule has 1 fully saturated rings. The maximum Gasteiger partial charge on any atom is 0.119 e. The maximum atomic E-state index is 5.69. The molecular weight excluding hydrogens is 222 g/mol. The molecule has 0 radical (unpaired) electrons. The Labute approximate surface area is 111 Å². The predicted molar refractivity (Wildman–Crippen MR) is 76.1 cm³/mol. The maximum absolute atomic E-state index is 5.69. The Morgan fingerprint density at radius 1 is 1.28 bits per heavy atom. The van der Waals surface area contributed by atoms with E-state index in [0.29, 0.717) is 5.92 Å². The molecule has 1 aromatic carbocycles. The summed E-state index contributed by atoms with van der Waals surface area (Å²) >= 11 is 0. The van der Waals surface area contributed by atoms with Crippen LogP contribution in [0.25, 0.3) is 0 Å². The molecule has 0 aromatic heterocycles. The molecule has 0 spiro atoms. The van der Waals surface area contributed by atoms with Gasteiger partial charge in [-0.2, -0.15) is 0 Å². The average molecular weight is 247 g/mol. The van der Waals surface area contributed by atoms with E-state index in [9.17, 15) is 0 Å². The zero-order valence-electron chi connectivity index (χ0n) is 11.6. The highest BCUT2D eigenvalue weighted by molar-refractivity contribution is 5.27. The molecule has 1 N–H and O–H groups in total. The van der Waals surface area contributed by atoms with Gasteiger partial charge >= 0.3 is 0 Å². The molecule has 1 unspecified atom stereocenters. The number of rotatable bonds is 6. The van der Waals surface area contributed by atoms with Crippen molar-refractivity contribution in [3.8, 4) is 5.75 Å². The van der Waals surface area contributed by atoms with E-state index in [0.717, 1.165) is 18.4 Å². The molecule has 0 bridgehead atoms. The zero-order chi connectivity index (χ0) is 12.8. The van der Waals surface area contributed by atoms with Crippen LogP contribution < -0.4 is 10.1 Å². The van der Waals surface area contributed by atoms with Gasteiger partial charge in [-0.05, 0) is 55.8 Å². The third-order valence-electron chi connectivity index (χ3n) is 3.45. The minimum atomic E-state index is 0.582. The van der Waals surface area contributed by atoms with Crippen LogP contribution in [0.4, 0.5) is 0 Å². The zero-order valence-corrected chi connectivity index (χ0v) is 11.6. The molecule has 0 saturated carbocycles. The number of hydrogen-bond donors (Lipinski definition) is 1. The van der Waals surface area contributed by atoms with Gasteiger partial charge in [-0.1, -0.05) is 26.0 Å². The minimum absolute atomic E-state index is 0.582. The fourth-order valence-electron chi connectivity index (χ4n) is 2.36. The van der Waals surface area contributed by atoms with Crippen molar-refractivity contribution in [1.82, 2.24) is 5.32 Å². The Balaban J connectivity index is 1.76. The van der Waals surface area contributed by atoms with E-state index >= 15 is 0 Å². The second-order valence-electron chi connectivity index (χ2n) is 5.68. The van der Waals surface area contributed by atoms with Crippen LogP contribution in [0.15, 0.2) is 24.3 Å². The lowest BCUT2D eigenvalue weighted by atomic mass is 10.0. The Kier molecular flexibility index (Phi) is 5.06. The molecule has 1 aliphatic heterocycles. The molecule has 1 atom stereocenters. The normalized spacial score (nSPS) is 19.4. The fraction of sp³-hybridized carbons (Fsp3) is 0.625. The second-order valence-corrected chi connectivity index (χ2v) is 5.68. The lowest BCUT2D eigenvalue weighted by molar-refractivity contribution is 0.271. The fourth-order valence-corrected chi connectivity index (χ4v) is 2.36. The van der Waals surface area contributed by atoms with Gasteiger partial charge in [0, 0.05) is 6.04 Å². The smallest absolute Gasteiger partial charge is 0.119 e. The first-order valence-electron chi connectivity index (χ1n) is 7.19. The van der Waals surface area contributed by atoms with Gasteiger partial charge in [0.05, 0.1) is 6.61 Å². The van der Waals surface area contributed by atoms with Gasteiger partial charge in [-0.15, -0.1) is 0 Å². The van der Waals surface area contributed by atoms with Crippen molar-refractivity contribution in [2.75, 3.05) is 13.2 Å². The Bertz CT molecular complexity index is 339. The molecular formula is C16H25NO. The SMILES string of the molecule is CC(C)COc1ccc(CCC2CCCN2)cc1. The summed E-state index contributed by atoms with van der Waals surface area (Å²) in [6.45, 7) is 6.34. The molecule has 1 aliphatic rings. The molecule has 0 aliphatic carbocycles. The molecule has 2 nitrogen and oxygen atoms in total. The number of nitrogens with one attached hydrogen (secondary N) is 1. The summed E-state index contributed by atoms with van der Waals surface area (Å²) in [5, 5.41) is 3.55. The molecule has 100 valence electrons. The topological polar surface area (TPSA) is 21.3 Å². The van der Waals surface area contributed by atoms with Crippen molar-refractivity contribution in [3.63, 3.8) is 0 Å². The van der Waals surface area contributed by atoms with E-state index in [1.165, 1.54) is 37.8 Å². The average Bonchev–Trinajstić information content (AvgIpc) is 2.88. The Hall–Kier alpha value is -1.02. The van der Waals surface area contributed by atoms with Crippen LogP contribution >= 0.6 is 0 Å². The molecule has 2 rings (SSSR count). The summed E-state index contributed by atoms with van der Waals surface area (Å²) in [5.41, 5.74) is 1.42. The van der Waals surface area contributed by atoms with Gasteiger partial charge in [0.1, 0.15) is 5.75 Å². The van der Waals surface area contributed by atoms with Crippen LogP contribution in [0.2, 0.25) is 0 Å². The van der Waals surface area contributed by atoms with Crippen LogP contribution in [0.1, 0.15) is 38.7 Å². The van der Waals surface area contributed by atoms with Crippen LogP contribution in [-0.4, -0.2) is 19.2 Å². The third kappa shape index (κ3) is 4.34. The summed E-state index contributed by atoms with van der Waals surface area (Å²) in [6.07, 6.45) is 5.11. The first kappa shape index (κ1) is 13.4. The van der Waals surface area contributed by atoms with E-state index in [4.69, 9.17) is 4.74 Å². The van der Waals surface area contributed by atoms with Gasteiger partial charge < -0.3 is 10.1 Å².